The molecule has 3 rings (SSSR count). The summed E-state index contributed by atoms with van der Waals surface area (Å²) in [5.41, 5.74) is 0.0270. The molecule has 1 saturated heterocycles. The number of carbonyl (C=O) groups is 2. The lowest BCUT2D eigenvalue weighted by Crippen LogP contribution is -2.48. The normalized spacial score (nSPS) is 35.7. The van der Waals surface area contributed by atoms with E-state index in [0.29, 0.717) is 12.8 Å². The van der Waals surface area contributed by atoms with Crippen LogP contribution in [0.1, 0.15) is 57.8 Å². The van der Waals surface area contributed by atoms with Gasteiger partial charge in [0.25, 0.3) is 0 Å². The van der Waals surface area contributed by atoms with Gasteiger partial charge in [-0.05, 0) is 36.5 Å². The second-order valence-corrected chi connectivity index (χ2v) is 6.75. The molecular weight excluding hydrogens is 226 g/mol. The molecule has 3 fully saturated rings. The Hall–Kier alpha value is -0.860. The van der Waals surface area contributed by atoms with Gasteiger partial charge in [0, 0.05) is 19.9 Å². The summed E-state index contributed by atoms with van der Waals surface area (Å²) in [6, 6.07) is 0. The number of hydrogen-bond donors (Lipinski definition) is 0. The second kappa shape index (κ2) is 4.36. The van der Waals surface area contributed by atoms with Gasteiger partial charge in [-0.15, -0.1) is 0 Å². The van der Waals surface area contributed by atoms with Crippen molar-refractivity contribution in [3.63, 3.8) is 0 Å². The molecular formula is C15H23NO2. The van der Waals surface area contributed by atoms with Crippen LogP contribution < -0.4 is 0 Å². The minimum atomic E-state index is 0.0270. The molecule has 3 nitrogen and oxygen atoms in total. The van der Waals surface area contributed by atoms with Crippen molar-refractivity contribution >= 4 is 11.8 Å². The third kappa shape index (κ3) is 1.98. The monoisotopic (exact) mass is 249 g/mol. The number of amides is 2. The van der Waals surface area contributed by atoms with Gasteiger partial charge in [0.1, 0.15) is 0 Å². The van der Waals surface area contributed by atoms with E-state index in [-0.39, 0.29) is 17.2 Å². The van der Waals surface area contributed by atoms with E-state index in [9.17, 15) is 9.59 Å². The fourth-order valence-electron chi connectivity index (χ4n) is 4.48. The molecule has 0 N–H and O–H groups in total. The maximum absolute atomic E-state index is 11.9. The zero-order valence-corrected chi connectivity index (χ0v) is 11.3. The molecule has 0 radical (unpaired) electrons. The zero-order chi connectivity index (χ0) is 12.8. The lowest BCUT2D eigenvalue weighted by molar-refractivity contribution is -0.154. The first-order valence-electron chi connectivity index (χ1n) is 7.39. The molecule has 1 aliphatic heterocycles. The summed E-state index contributed by atoms with van der Waals surface area (Å²) in [4.78, 5) is 25.2. The highest BCUT2D eigenvalue weighted by atomic mass is 16.2. The van der Waals surface area contributed by atoms with Gasteiger partial charge < -0.3 is 0 Å². The highest BCUT2D eigenvalue weighted by Gasteiger charge is 2.47. The van der Waals surface area contributed by atoms with Crippen LogP contribution in [-0.4, -0.2) is 23.8 Å². The molecule has 3 aliphatic rings. The maximum atomic E-state index is 11.9. The summed E-state index contributed by atoms with van der Waals surface area (Å²) in [6.07, 6.45) is 10.1. The molecule has 0 bridgehead atoms. The predicted octanol–water partition coefficient (Wildman–Crippen LogP) is 2.74. The Morgan fingerprint density at radius 3 is 2.28 bits per heavy atom. The quantitative estimate of drug-likeness (QED) is 0.619. The fourth-order valence-corrected chi connectivity index (χ4v) is 4.48. The van der Waals surface area contributed by atoms with Crippen LogP contribution in [0.4, 0.5) is 0 Å². The van der Waals surface area contributed by atoms with Crippen molar-refractivity contribution < 1.29 is 9.59 Å². The molecule has 0 aromatic rings. The van der Waals surface area contributed by atoms with Gasteiger partial charge in [0.05, 0.1) is 0 Å². The fraction of sp³-hybridized carbons (Fsp3) is 0.867. The number of nitrogens with zero attached hydrogens (tertiary/aromatic N) is 1. The van der Waals surface area contributed by atoms with Gasteiger partial charge in [-0.3, -0.25) is 14.5 Å². The van der Waals surface area contributed by atoms with Gasteiger partial charge in [-0.2, -0.15) is 0 Å². The first kappa shape index (κ1) is 12.2. The molecule has 1 heterocycles. The van der Waals surface area contributed by atoms with E-state index in [1.165, 1.54) is 37.0 Å². The number of likely N-dealkylation sites (tertiary alicyclic amines) is 1. The van der Waals surface area contributed by atoms with E-state index in [2.05, 4.69) is 0 Å². The summed E-state index contributed by atoms with van der Waals surface area (Å²) >= 11 is 0. The molecule has 0 aromatic carbocycles. The first-order chi connectivity index (χ1) is 8.60. The SMILES string of the molecule is CN1C(=O)CC2(CC[C@H]3CCCC[C@@H]3C2)CC1=O. The average molecular weight is 249 g/mol. The Morgan fingerprint density at radius 2 is 1.61 bits per heavy atom. The summed E-state index contributed by atoms with van der Waals surface area (Å²) in [5, 5.41) is 0. The maximum Gasteiger partial charge on any atom is 0.229 e. The number of piperidine rings is 1. The van der Waals surface area contributed by atoms with E-state index in [1.807, 2.05) is 0 Å². The van der Waals surface area contributed by atoms with Gasteiger partial charge in [0.2, 0.25) is 11.8 Å². The number of carbonyl (C=O) groups excluding carboxylic acids is 2. The number of rotatable bonds is 0. The molecule has 3 heteroatoms. The van der Waals surface area contributed by atoms with E-state index in [1.54, 1.807) is 7.05 Å². The van der Waals surface area contributed by atoms with E-state index in [0.717, 1.165) is 24.7 Å². The predicted molar refractivity (Wildman–Crippen MR) is 68.7 cm³/mol. The molecule has 100 valence electrons. The molecule has 0 aromatic heterocycles. The molecule has 18 heavy (non-hydrogen) atoms. The Balaban J connectivity index is 1.76. The van der Waals surface area contributed by atoms with Crippen LogP contribution in [0.25, 0.3) is 0 Å². The standard InChI is InChI=1S/C15H23NO2/c1-16-13(17)9-15(10-14(16)18)7-6-11-4-2-3-5-12(11)8-15/h11-12H,2-10H2,1H3/t11-,12-/m1/s1. The highest BCUT2D eigenvalue weighted by Crippen LogP contribution is 2.52. The smallest absolute Gasteiger partial charge is 0.229 e. The van der Waals surface area contributed by atoms with Crippen molar-refractivity contribution in [2.24, 2.45) is 17.3 Å². The van der Waals surface area contributed by atoms with Crippen molar-refractivity contribution in [1.82, 2.24) is 4.90 Å². The van der Waals surface area contributed by atoms with Crippen LogP contribution in [-0.2, 0) is 9.59 Å². The number of hydrogen-bond acceptors (Lipinski definition) is 2. The van der Waals surface area contributed by atoms with Crippen LogP contribution in [0.3, 0.4) is 0 Å². The summed E-state index contributed by atoms with van der Waals surface area (Å²) in [7, 11) is 1.63. The molecule has 2 saturated carbocycles. The molecule has 1 spiro atoms. The zero-order valence-electron chi connectivity index (χ0n) is 11.3. The van der Waals surface area contributed by atoms with Gasteiger partial charge in [-0.1, -0.05) is 25.7 Å². The number of fused-ring (bicyclic) bond motifs is 1. The summed E-state index contributed by atoms with van der Waals surface area (Å²) in [5.74, 6) is 1.76. The van der Waals surface area contributed by atoms with E-state index < -0.39 is 0 Å². The van der Waals surface area contributed by atoms with Crippen molar-refractivity contribution in [3.05, 3.63) is 0 Å². The molecule has 2 atom stereocenters. The highest BCUT2D eigenvalue weighted by molar-refractivity contribution is 5.98. The summed E-state index contributed by atoms with van der Waals surface area (Å²) in [6.45, 7) is 0. The van der Waals surface area contributed by atoms with Crippen molar-refractivity contribution in [2.45, 2.75) is 57.8 Å². The van der Waals surface area contributed by atoms with Crippen molar-refractivity contribution in [2.75, 3.05) is 7.05 Å². The van der Waals surface area contributed by atoms with Gasteiger partial charge in [-0.25, -0.2) is 0 Å². The minimum Gasteiger partial charge on any atom is -0.286 e. The Morgan fingerprint density at radius 1 is 1.00 bits per heavy atom. The van der Waals surface area contributed by atoms with Crippen LogP contribution in [0.5, 0.6) is 0 Å². The lowest BCUT2D eigenvalue weighted by Gasteiger charge is -2.48. The topological polar surface area (TPSA) is 37.4 Å². The average Bonchev–Trinajstić information content (AvgIpc) is 2.36. The molecule has 2 amide bonds. The second-order valence-electron chi connectivity index (χ2n) is 6.75. The Labute approximate surface area is 109 Å². The third-order valence-corrected chi connectivity index (χ3v) is 5.61. The summed E-state index contributed by atoms with van der Waals surface area (Å²) < 4.78 is 0. The first-order valence-corrected chi connectivity index (χ1v) is 7.39. The molecule has 0 unspecified atom stereocenters. The third-order valence-electron chi connectivity index (χ3n) is 5.61. The van der Waals surface area contributed by atoms with E-state index >= 15 is 0 Å². The van der Waals surface area contributed by atoms with Gasteiger partial charge >= 0.3 is 0 Å². The van der Waals surface area contributed by atoms with Crippen LogP contribution in [0.15, 0.2) is 0 Å². The van der Waals surface area contributed by atoms with Crippen LogP contribution in [0, 0.1) is 17.3 Å². The number of imide groups is 1. The van der Waals surface area contributed by atoms with Crippen LogP contribution >= 0.6 is 0 Å². The van der Waals surface area contributed by atoms with Crippen molar-refractivity contribution in [3.8, 4) is 0 Å². The van der Waals surface area contributed by atoms with E-state index in [4.69, 9.17) is 0 Å². The van der Waals surface area contributed by atoms with Crippen molar-refractivity contribution in [1.29, 1.82) is 0 Å². The molecule has 2 aliphatic carbocycles. The Bertz CT molecular complexity index is 359. The lowest BCUT2D eigenvalue weighted by atomic mass is 9.58. The Kier molecular flexibility index (Phi) is 2.95. The van der Waals surface area contributed by atoms with Crippen LogP contribution in [0.2, 0.25) is 0 Å². The largest absolute Gasteiger partial charge is 0.286 e. The minimum absolute atomic E-state index is 0.0270. The van der Waals surface area contributed by atoms with Gasteiger partial charge in [0.15, 0.2) is 0 Å².